The Morgan fingerprint density at radius 3 is 2.69 bits per heavy atom. The normalized spacial score (nSPS) is 10.1. The number of benzene rings is 1. The summed E-state index contributed by atoms with van der Waals surface area (Å²) in [6.45, 7) is 0. The van der Waals surface area contributed by atoms with E-state index in [2.05, 4.69) is 10.2 Å². The van der Waals surface area contributed by atoms with Gasteiger partial charge in [0.25, 0.3) is 5.56 Å². The molecule has 0 saturated heterocycles. The lowest BCUT2D eigenvalue weighted by atomic mass is 10.1. The lowest BCUT2D eigenvalue weighted by Gasteiger charge is -2.05. The van der Waals surface area contributed by atoms with Crippen molar-refractivity contribution in [3.8, 4) is 22.8 Å². The molecule has 1 aromatic carbocycles. The van der Waals surface area contributed by atoms with Crippen LogP contribution < -0.4 is 10.3 Å². The molecule has 5 nitrogen and oxygen atoms in total. The molecule has 0 aliphatic carbocycles. The molecule has 1 aromatic heterocycles. The Labute approximate surface area is 91.3 Å². The van der Waals surface area contributed by atoms with Gasteiger partial charge in [0.2, 0.25) is 0 Å². The molecule has 0 spiro atoms. The van der Waals surface area contributed by atoms with E-state index in [-0.39, 0.29) is 11.3 Å². The minimum Gasteiger partial charge on any atom is -0.507 e. The van der Waals surface area contributed by atoms with Crippen LogP contribution in [0.4, 0.5) is 0 Å². The molecule has 2 rings (SSSR count). The van der Waals surface area contributed by atoms with Crippen molar-refractivity contribution in [1.82, 2.24) is 10.2 Å². The highest BCUT2D eigenvalue weighted by Crippen LogP contribution is 2.30. The second-order valence-corrected chi connectivity index (χ2v) is 3.19. The predicted molar refractivity (Wildman–Crippen MR) is 58.5 cm³/mol. The van der Waals surface area contributed by atoms with Gasteiger partial charge in [-0.25, -0.2) is 5.10 Å². The maximum atomic E-state index is 10.8. The van der Waals surface area contributed by atoms with E-state index in [0.717, 1.165) is 0 Å². The van der Waals surface area contributed by atoms with Crippen molar-refractivity contribution >= 4 is 0 Å². The summed E-state index contributed by atoms with van der Waals surface area (Å²) < 4.78 is 4.97. The van der Waals surface area contributed by atoms with Crippen molar-refractivity contribution in [2.75, 3.05) is 7.11 Å². The minimum atomic E-state index is -0.281. The van der Waals surface area contributed by atoms with E-state index < -0.39 is 0 Å². The smallest absolute Gasteiger partial charge is 0.264 e. The van der Waals surface area contributed by atoms with Crippen molar-refractivity contribution in [3.63, 3.8) is 0 Å². The topological polar surface area (TPSA) is 75.2 Å². The van der Waals surface area contributed by atoms with Crippen molar-refractivity contribution < 1.29 is 9.84 Å². The summed E-state index contributed by atoms with van der Waals surface area (Å²) in [5.41, 5.74) is 0.758. The van der Waals surface area contributed by atoms with Crippen molar-refractivity contribution in [3.05, 3.63) is 40.7 Å². The monoisotopic (exact) mass is 218 g/mol. The molecule has 2 aromatic rings. The highest BCUT2D eigenvalue weighted by atomic mass is 16.5. The molecule has 5 heteroatoms. The Kier molecular flexibility index (Phi) is 2.59. The van der Waals surface area contributed by atoms with Crippen molar-refractivity contribution in [1.29, 1.82) is 0 Å². The van der Waals surface area contributed by atoms with Gasteiger partial charge in [-0.15, -0.1) is 0 Å². The number of phenolic OH excluding ortho intramolecular Hbond substituents is 1. The van der Waals surface area contributed by atoms with E-state index in [4.69, 9.17) is 4.74 Å². The Hall–Kier alpha value is -2.30. The Morgan fingerprint density at radius 1 is 1.31 bits per heavy atom. The van der Waals surface area contributed by atoms with E-state index in [9.17, 15) is 9.90 Å². The van der Waals surface area contributed by atoms with E-state index in [1.165, 1.54) is 19.2 Å². The second kappa shape index (κ2) is 4.06. The Bertz CT molecular complexity index is 543. The summed E-state index contributed by atoms with van der Waals surface area (Å²) in [4.78, 5) is 10.8. The Balaban J connectivity index is 2.48. The first-order valence-corrected chi connectivity index (χ1v) is 4.64. The molecule has 0 saturated carbocycles. The number of H-pyrrole nitrogens is 1. The molecule has 0 atom stereocenters. The number of nitrogens with zero attached hydrogens (tertiary/aromatic N) is 1. The molecule has 0 aliphatic rings. The molecule has 0 aliphatic heterocycles. The number of nitrogens with one attached hydrogen (secondary N) is 1. The first-order valence-electron chi connectivity index (χ1n) is 4.64. The molecule has 82 valence electrons. The fraction of sp³-hybridized carbons (Fsp3) is 0.0909. The fourth-order valence-corrected chi connectivity index (χ4v) is 1.35. The number of methoxy groups -OCH3 is 1. The summed E-state index contributed by atoms with van der Waals surface area (Å²) >= 11 is 0. The zero-order valence-corrected chi connectivity index (χ0v) is 8.60. The third-order valence-corrected chi connectivity index (χ3v) is 2.16. The number of ether oxygens (including phenoxy) is 1. The molecule has 16 heavy (non-hydrogen) atoms. The molecular weight excluding hydrogens is 208 g/mol. The van der Waals surface area contributed by atoms with E-state index in [0.29, 0.717) is 17.0 Å². The van der Waals surface area contributed by atoms with Crippen LogP contribution in [0.1, 0.15) is 0 Å². The van der Waals surface area contributed by atoms with Gasteiger partial charge in [0.1, 0.15) is 11.5 Å². The first-order chi connectivity index (χ1) is 7.70. The lowest BCUT2D eigenvalue weighted by molar-refractivity contribution is 0.408. The third-order valence-electron chi connectivity index (χ3n) is 2.16. The summed E-state index contributed by atoms with van der Waals surface area (Å²) in [6, 6.07) is 7.77. The molecule has 2 N–H and O–H groups in total. The van der Waals surface area contributed by atoms with E-state index in [1.54, 1.807) is 18.2 Å². The van der Waals surface area contributed by atoms with Crippen LogP contribution in [0.25, 0.3) is 11.3 Å². The Morgan fingerprint density at radius 2 is 2.12 bits per heavy atom. The largest absolute Gasteiger partial charge is 0.507 e. The fourth-order valence-electron chi connectivity index (χ4n) is 1.35. The average Bonchev–Trinajstić information content (AvgIpc) is 2.30. The molecule has 0 radical (unpaired) electrons. The summed E-state index contributed by atoms with van der Waals surface area (Å²) in [5.74, 6) is 0.615. The highest BCUT2D eigenvalue weighted by molar-refractivity contribution is 5.67. The van der Waals surface area contributed by atoms with Gasteiger partial charge < -0.3 is 9.84 Å². The van der Waals surface area contributed by atoms with Crippen LogP contribution in [-0.2, 0) is 0 Å². The van der Waals surface area contributed by atoms with Gasteiger partial charge in [0.15, 0.2) is 0 Å². The van der Waals surface area contributed by atoms with Gasteiger partial charge in [0, 0.05) is 17.7 Å². The third kappa shape index (κ3) is 1.88. The SMILES string of the molecule is COc1ccc(-c2ccc(=O)[nH]n2)c(O)c1. The molecular formula is C11H10N2O3. The summed E-state index contributed by atoms with van der Waals surface area (Å²) in [7, 11) is 1.52. The molecule has 0 fully saturated rings. The maximum absolute atomic E-state index is 10.8. The van der Waals surface area contributed by atoms with Crippen LogP contribution >= 0.6 is 0 Å². The van der Waals surface area contributed by atoms with Gasteiger partial charge >= 0.3 is 0 Å². The van der Waals surface area contributed by atoms with Crippen LogP contribution in [0.2, 0.25) is 0 Å². The molecule has 1 heterocycles. The van der Waals surface area contributed by atoms with Gasteiger partial charge in [-0.05, 0) is 18.2 Å². The van der Waals surface area contributed by atoms with Crippen LogP contribution in [0.15, 0.2) is 35.1 Å². The highest BCUT2D eigenvalue weighted by Gasteiger charge is 2.06. The van der Waals surface area contributed by atoms with Crippen LogP contribution in [0, 0.1) is 0 Å². The number of aromatic nitrogens is 2. The van der Waals surface area contributed by atoms with Gasteiger partial charge in [-0.2, -0.15) is 5.10 Å². The van der Waals surface area contributed by atoms with Crippen molar-refractivity contribution in [2.45, 2.75) is 0 Å². The van der Waals surface area contributed by atoms with Crippen LogP contribution in [-0.4, -0.2) is 22.4 Å². The number of rotatable bonds is 2. The van der Waals surface area contributed by atoms with Crippen LogP contribution in [0.3, 0.4) is 0 Å². The molecule has 0 unspecified atom stereocenters. The van der Waals surface area contributed by atoms with Gasteiger partial charge in [-0.1, -0.05) is 0 Å². The minimum absolute atomic E-state index is 0.0545. The number of phenols is 1. The standard InChI is InChI=1S/C11H10N2O3/c1-16-7-2-3-8(10(14)6-7)9-4-5-11(15)13-12-9/h2-6,14H,1H3,(H,13,15). The summed E-state index contributed by atoms with van der Waals surface area (Å²) in [5, 5.41) is 15.9. The molecule has 0 bridgehead atoms. The van der Waals surface area contributed by atoms with Gasteiger partial charge in [-0.3, -0.25) is 4.79 Å². The van der Waals surface area contributed by atoms with E-state index >= 15 is 0 Å². The number of aromatic amines is 1. The van der Waals surface area contributed by atoms with Gasteiger partial charge in [0.05, 0.1) is 12.8 Å². The predicted octanol–water partition coefficient (Wildman–Crippen LogP) is 1.15. The zero-order chi connectivity index (χ0) is 11.5. The van der Waals surface area contributed by atoms with Crippen LogP contribution in [0.5, 0.6) is 11.5 Å². The lowest BCUT2D eigenvalue weighted by Crippen LogP contribution is -2.05. The van der Waals surface area contributed by atoms with E-state index in [1.807, 2.05) is 0 Å². The first kappa shape index (κ1) is 10.2. The summed E-state index contributed by atoms with van der Waals surface area (Å²) in [6.07, 6.45) is 0. The maximum Gasteiger partial charge on any atom is 0.264 e. The average molecular weight is 218 g/mol. The number of aromatic hydroxyl groups is 1. The molecule has 0 amide bonds. The number of hydrogen-bond donors (Lipinski definition) is 2. The quantitative estimate of drug-likeness (QED) is 0.792. The van der Waals surface area contributed by atoms with Crippen molar-refractivity contribution in [2.24, 2.45) is 0 Å². The second-order valence-electron chi connectivity index (χ2n) is 3.19. The number of hydrogen-bond acceptors (Lipinski definition) is 4. The zero-order valence-electron chi connectivity index (χ0n) is 8.60.